The fourth-order valence-electron chi connectivity index (χ4n) is 6.99. The van der Waals surface area contributed by atoms with Gasteiger partial charge < -0.3 is 24.5 Å². The number of amides is 3. The molecule has 0 aliphatic carbocycles. The summed E-state index contributed by atoms with van der Waals surface area (Å²) in [5.41, 5.74) is 0.342. The summed E-state index contributed by atoms with van der Waals surface area (Å²) in [5, 5.41) is 10.4. The minimum Gasteiger partial charge on any atom is -0.394 e. The maximum atomic E-state index is 14.6. The quantitative estimate of drug-likeness (QED) is 0.632. The smallest absolute Gasteiger partial charge is 0.253 e. The molecule has 0 saturated carbocycles. The Kier molecular flexibility index (Phi) is 6.11. The van der Waals surface area contributed by atoms with E-state index < -0.39 is 35.1 Å². The number of hydrogen-bond acceptors (Lipinski definition) is 5. The third kappa shape index (κ3) is 3.52. The van der Waals surface area contributed by atoms with Crippen molar-refractivity contribution in [1.29, 1.82) is 0 Å². The summed E-state index contributed by atoms with van der Waals surface area (Å²) in [5.74, 6) is -2.53. The van der Waals surface area contributed by atoms with Crippen molar-refractivity contribution in [2.24, 2.45) is 17.8 Å². The van der Waals surface area contributed by atoms with E-state index in [2.05, 4.69) is 0 Å². The van der Waals surface area contributed by atoms with E-state index in [4.69, 9.17) is 4.74 Å². The van der Waals surface area contributed by atoms with E-state index in [-0.39, 0.29) is 30.2 Å². The molecule has 3 amide bonds. The molecule has 8 heteroatoms. The van der Waals surface area contributed by atoms with Gasteiger partial charge in [-0.2, -0.15) is 0 Å². The highest BCUT2D eigenvalue weighted by Gasteiger charge is 2.75. The number of hydrogen-bond donors (Lipinski definition) is 1. The molecule has 198 valence electrons. The number of aliphatic hydroxyl groups excluding tert-OH is 1. The van der Waals surface area contributed by atoms with Gasteiger partial charge in [0.25, 0.3) is 5.91 Å². The maximum absolute atomic E-state index is 14.6. The molecule has 0 aromatic heterocycles. The molecule has 1 aromatic carbocycles. The molecule has 0 bridgehead atoms. The summed E-state index contributed by atoms with van der Waals surface area (Å²) >= 11 is 0. The molecule has 1 N–H and O–H groups in total. The maximum Gasteiger partial charge on any atom is 0.253 e. The molecule has 6 atom stereocenters. The van der Waals surface area contributed by atoms with Gasteiger partial charge in [0.05, 0.1) is 30.1 Å². The van der Waals surface area contributed by atoms with Gasteiger partial charge in [0, 0.05) is 25.8 Å². The Bertz CT molecular complexity index is 1190. The number of carbonyl (C=O) groups excluding carboxylic acids is 3. The van der Waals surface area contributed by atoms with Crippen LogP contribution in [0.1, 0.15) is 31.9 Å². The zero-order valence-electron chi connectivity index (χ0n) is 22.5. The molecule has 1 spiro atoms. The monoisotopic (exact) mass is 507 g/mol. The Morgan fingerprint density at radius 2 is 1.65 bits per heavy atom. The molecule has 0 radical (unpaired) electrons. The predicted molar refractivity (Wildman–Crippen MR) is 140 cm³/mol. The van der Waals surface area contributed by atoms with E-state index >= 15 is 0 Å². The first kappa shape index (κ1) is 25.7. The first-order valence-electron chi connectivity index (χ1n) is 13.1. The van der Waals surface area contributed by atoms with E-state index in [0.29, 0.717) is 13.1 Å². The highest BCUT2D eigenvalue weighted by molar-refractivity contribution is 6.06. The SMILES string of the molecule is Cc1cccc(C)c1N1CC=C[C@]23O[C@]4(C)C=CCN(C)C(=O)[C@@H]4[C@H]2C(=O)N([C@@H](CO)C(C)C)C3C1=O. The normalized spacial score (nSPS) is 34.0. The zero-order valence-corrected chi connectivity index (χ0v) is 22.5. The second kappa shape index (κ2) is 8.81. The first-order chi connectivity index (χ1) is 17.5. The van der Waals surface area contributed by atoms with Crippen LogP contribution in [0.2, 0.25) is 0 Å². The van der Waals surface area contributed by atoms with Crippen molar-refractivity contribution < 1.29 is 24.2 Å². The van der Waals surface area contributed by atoms with Gasteiger partial charge in [-0.05, 0) is 37.8 Å². The number of ether oxygens (including phenoxy) is 1. The van der Waals surface area contributed by atoms with Gasteiger partial charge in [-0.3, -0.25) is 14.4 Å². The third-order valence-electron chi connectivity index (χ3n) is 8.72. The standard InChI is InChI=1S/C29H37N3O5/c1-17(2)20(16-33)32-24-27(36)31(23-18(3)10-7-11-19(23)4)15-9-13-29(24)22(26(32)35)21-25(34)30(6)14-8-12-28(21,5)37-29/h7-13,17,20-22,24,33H,14-16H2,1-6H3/t20-,21-,22-,24?,28+,29-/m0/s1. The van der Waals surface area contributed by atoms with Crippen LogP contribution in [0.25, 0.3) is 0 Å². The number of aliphatic hydroxyl groups is 1. The Balaban J connectivity index is 1.72. The van der Waals surface area contributed by atoms with Crippen LogP contribution < -0.4 is 4.90 Å². The van der Waals surface area contributed by atoms with Gasteiger partial charge in [0.1, 0.15) is 11.6 Å². The number of fused-ring (bicyclic) bond motifs is 2. The Labute approximate surface area is 218 Å². The minimum absolute atomic E-state index is 0.114. The first-order valence-corrected chi connectivity index (χ1v) is 13.1. The molecule has 4 aliphatic rings. The van der Waals surface area contributed by atoms with Crippen molar-refractivity contribution in [1.82, 2.24) is 9.80 Å². The van der Waals surface area contributed by atoms with Crippen molar-refractivity contribution in [3.05, 3.63) is 53.6 Å². The van der Waals surface area contributed by atoms with Gasteiger partial charge >= 0.3 is 0 Å². The summed E-state index contributed by atoms with van der Waals surface area (Å²) in [6, 6.07) is 4.28. The van der Waals surface area contributed by atoms with E-state index in [1.54, 1.807) is 16.8 Å². The minimum atomic E-state index is -1.33. The van der Waals surface area contributed by atoms with Crippen LogP contribution in [-0.4, -0.2) is 82.7 Å². The summed E-state index contributed by atoms with van der Waals surface area (Å²) in [4.78, 5) is 47.5. The number of aryl methyl sites for hydroxylation is 2. The van der Waals surface area contributed by atoms with Crippen molar-refractivity contribution in [2.45, 2.75) is 57.9 Å². The second-order valence-electron chi connectivity index (χ2n) is 11.4. The van der Waals surface area contributed by atoms with E-state index in [0.717, 1.165) is 16.8 Å². The molecule has 1 aromatic rings. The van der Waals surface area contributed by atoms with Crippen molar-refractivity contribution in [3.8, 4) is 0 Å². The van der Waals surface area contributed by atoms with Crippen LogP contribution in [0.15, 0.2) is 42.5 Å². The van der Waals surface area contributed by atoms with Crippen LogP contribution in [0.5, 0.6) is 0 Å². The number of likely N-dealkylation sites (N-methyl/N-ethyl adjacent to an activating group) is 1. The van der Waals surface area contributed by atoms with Gasteiger partial charge in [-0.1, -0.05) is 56.4 Å². The molecule has 1 unspecified atom stereocenters. The molecular formula is C29H37N3O5. The predicted octanol–water partition coefficient (Wildman–Crippen LogP) is 2.22. The zero-order chi connectivity index (χ0) is 26.9. The lowest BCUT2D eigenvalue weighted by molar-refractivity contribution is -0.151. The largest absolute Gasteiger partial charge is 0.394 e. The van der Waals surface area contributed by atoms with E-state index in [9.17, 15) is 19.5 Å². The van der Waals surface area contributed by atoms with Crippen molar-refractivity contribution in [2.75, 3.05) is 31.6 Å². The third-order valence-corrected chi connectivity index (χ3v) is 8.72. The van der Waals surface area contributed by atoms with E-state index in [1.165, 1.54) is 4.90 Å². The van der Waals surface area contributed by atoms with Crippen molar-refractivity contribution in [3.63, 3.8) is 0 Å². The highest BCUT2D eigenvalue weighted by Crippen LogP contribution is 2.58. The molecular weight excluding hydrogens is 470 g/mol. The van der Waals surface area contributed by atoms with Gasteiger partial charge in [-0.25, -0.2) is 0 Å². The number of carbonyl (C=O) groups is 3. The van der Waals surface area contributed by atoms with E-state index in [1.807, 2.05) is 77.1 Å². The average molecular weight is 508 g/mol. The number of likely N-dealkylation sites (tertiary alicyclic amines) is 1. The van der Waals surface area contributed by atoms with Crippen LogP contribution in [-0.2, 0) is 19.1 Å². The average Bonchev–Trinajstić information content (AvgIpc) is 3.11. The molecule has 2 fully saturated rings. The highest BCUT2D eigenvalue weighted by atomic mass is 16.5. The van der Waals surface area contributed by atoms with Gasteiger partial charge in [0.15, 0.2) is 0 Å². The lowest BCUT2D eigenvalue weighted by atomic mass is 9.74. The Hall–Kier alpha value is -2.97. The van der Waals surface area contributed by atoms with Gasteiger partial charge in [-0.15, -0.1) is 0 Å². The molecule has 8 nitrogen and oxygen atoms in total. The fraction of sp³-hybridized carbons (Fsp3) is 0.552. The van der Waals surface area contributed by atoms with Crippen LogP contribution in [0.3, 0.4) is 0 Å². The second-order valence-corrected chi connectivity index (χ2v) is 11.4. The molecule has 5 rings (SSSR count). The molecule has 4 heterocycles. The lowest BCUT2D eigenvalue weighted by Crippen LogP contribution is -2.60. The van der Waals surface area contributed by atoms with Crippen molar-refractivity contribution >= 4 is 23.4 Å². The van der Waals surface area contributed by atoms with Gasteiger partial charge in [0.2, 0.25) is 11.8 Å². The molecule has 37 heavy (non-hydrogen) atoms. The summed E-state index contributed by atoms with van der Waals surface area (Å²) in [7, 11) is 1.72. The number of nitrogens with zero attached hydrogens (tertiary/aromatic N) is 3. The Morgan fingerprint density at radius 1 is 1.00 bits per heavy atom. The topological polar surface area (TPSA) is 90.4 Å². The molecule has 2 saturated heterocycles. The number of para-hydroxylation sites is 1. The summed E-state index contributed by atoms with van der Waals surface area (Å²) in [6.07, 6.45) is 7.51. The van der Waals surface area contributed by atoms with Crippen LogP contribution in [0, 0.1) is 31.6 Å². The van der Waals surface area contributed by atoms with Crippen LogP contribution in [0.4, 0.5) is 5.69 Å². The number of anilines is 1. The lowest BCUT2D eigenvalue weighted by Gasteiger charge is -2.41. The van der Waals surface area contributed by atoms with Crippen LogP contribution >= 0.6 is 0 Å². The number of benzene rings is 1. The molecule has 4 aliphatic heterocycles. The summed E-state index contributed by atoms with van der Waals surface area (Å²) in [6.45, 7) is 10.1. The Morgan fingerprint density at radius 3 is 2.27 bits per heavy atom. The summed E-state index contributed by atoms with van der Waals surface area (Å²) < 4.78 is 6.82. The fourth-order valence-corrected chi connectivity index (χ4v) is 6.99. The number of rotatable bonds is 4.